The lowest BCUT2D eigenvalue weighted by atomic mass is 9.87. The number of fused-ring (bicyclic) bond motifs is 2. The van der Waals surface area contributed by atoms with Crippen LogP contribution in [0.2, 0.25) is 25.7 Å². The average Bonchev–Trinajstić information content (AvgIpc) is 3.33. The number of carbonyl (C=O) groups is 1. The van der Waals surface area contributed by atoms with E-state index in [-0.39, 0.29) is 5.78 Å². The van der Waals surface area contributed by atoms with Gasteiger partial charge in [-0.2, -0.15) is 0 Å². The number of aromatic nitrogens is 4. The standard InChI is InChI=1S/C27H35ClN4O2Si/c1-27(2,3)25(33)21-17-32(18-34-13-14-35(4,5)6)26-24(21)30-22(15-29-26)20-16-31(12-11-28)23-10-8-7-9-19(20)23/h7-10,15-17H,11-14,18H2,1-6H3. The number of ketones is 1. The first kappa shape index (κ1) is 25.6. The molecule has 0 saturated carbocycles. The Morgan fingerprint density at radius 2 is 1.86 bits per heavy atom. The summed E-state index contributed by atoms with van der Waals surface area (Å²) in [6.45, 7) is 14.5. The highest BCUT2D eigenvalue weighted by atomic mass is 35.5. The molecule has 3 heterocycles. The van der Waals surface area contributed by atoms with Crippen molar-refractivity contribution >= 4 is 47.5 Å². The first-order chi connectivity index (χ1) is 16.5. The number of nitrogens with zero attached hydrogens (tertiary/aromatic N) is 4. The first-order valence-electron chi connectivity index (χ1n) is 12.1. The van der Waals surface area contributed by atoms with Crippen LogP contribution in [0.5, 0.6) is 0 Å². The Morgan fingerprint density at radius 1 is 1.11 bits per heavy atom. The lowest BCUT2D eigenvalue weighted by molar-refractivity contribution is 0.0849. The lowest BCUT2D eigenvalue weighted by Crippen LogP contribution is -2.22. The number of carbonyl (C=O) groups excluding carboxylic acids is 1. The van der Waals surface area contributed by atoms with Crippen LogP contribution in [-0.4, -0.2) is 45.4 Å². The third-order valence-electron chi connectivity index (χ3n) is 6.11. The van der Waals surface area contributed by atoms with Crippen molar-refractivity contribution in [3.8, 4) is 11.3 Å². The van der Waals surface area contributed by atoms with E-state index in [1.807, 2.05) is 43.7 Å². The number of halogens is 1. The molecular weight excluding hydrogens is 476 g/mol. The second-order valence-corrected chi connectivity index (χ2v) is 17.3. The molecule has 0 aliphatic rings. The van der Waals surface area contributed by atoms with E-state index in [1.54, 1.807) is 6.20 Å². The van der Waals surface area contributed by atoms with E-state index in [4.69, 9.17) is 26.3 Å². The number of hydrogen-bond donors (Lipinski definition) is 0. The summed E-state index contributed by atoms with van der Waals surface area (Å²) < 4.78 is 10.0. The highest BCUT2D eigenvalue weighted by Crippen LogP contribution is 2.32. The van der Waals surface area contributed by atoms with E-state index in [2.05, 4.69) is 42.5 Å². The van der Waals surface area contributed by atoms with E-state index in [9.17, 15) is 4.79 Å². The maximum Gasteiger partial charge on any atom is 0.171 e. The van der Waals surface area contributed by atoms with Gasteiger partial charge in [0.1, 0.15) is 12.2 Å². The van der Waals surface area contributed by atoms with Gasteiger partial charge in [0.25, 0.3) is 0 Å². The Hall–Kier alpha value is -2.48. The molecule has 0 amide bonds. The molecule has 0 atom stereocenters. The molecule has 0 N–H and O–H groups in total. The number of ether oxygens (including phenoxy) is 1. The van der Waals surface area contributed by atoms with E-state index < -0.39 is 13.5 Å². The van der Waals surface area contributed by atoms with Crippen LogP contribution in [0.15, 0.2) is 42.9 Å². The van der Waals surface area contributed by atoms with Crippen molar-refractivity contribution in [2.75, 3.05) is 12.5 Å². The molecule has 0 radical (unpaired) electrons. The number of Topliss-reactive ketones (excluding diaryl/α,β-unsaturated/α-hetero) is 1. The molecule has 0 aliphatic carbocycles. The fourth-order valence-electron chi connectivity index (χ4n) is 4.12. The van der Waals surface area contributed by atoms with Gasteiger partial charge in [-0.25, -0.2) is 9.97 Å². The highest BCUT2D eigenvalue weighted by molar-refractivity contribution is 6.76. The maximum atomic E-state index is 13.4. The van der Waals surface area contributed by atoms with Crippen molar-refractivity contribution in [3.63, 3.8) is 0 Å². The minimum atomic E-state index is -1.18. The van der Waals surface area contributed by atoms with Crippen LogP contribution in [-0.2, 0) is 18.0 Å². The molecular formula is C27H35ClN4O2Si. The summed E-state index contributed by atoms with van der Waals surface area (Å²) in [6.07, 6.45) is 5.72. The van der Waals surface area contributed by atoms with Crippen molar-refractivity contribution in [3.05, 3.63) is 48.4 Å². The summed E-state index contributed by atoms with van der Waals surface area (Å²) in [7, 11) is -1.18. The largest absolute Gasteiger partial charge is 0.361 e. The zero-order valence-electron chi connectivity index (χ0n) is 21.6. The van der Waals surface area contributed by atoms with Crippen LogP contribution in [0.25, 0.3) is 33.3 Å². The Morgan fingerprint density at radius 3 is 2.54 bits per heavy atom. The van der Waals surface area contributed by atoms with Crippen LogP contribution in [0, 0.1) is 5.41 Å². The normalized spacial score (nSPS) is 12.7. The molecule has 186 valence electrons. The SMILES string of the molecule is CC(C)(C)C(=O)c1cn(COCC[Si](C)(C)C)c2ncc(-c3cn(CCCl)c4ccccc34)nc12. The summed E-state index contributed by atoms with van der Waals surface area (Å²) in [5.41, 5.74) is 4.15. The molecule has 4 aromatic rings. The van der Waals surface area contributed by atoms with Gasteiger partial charge in [-0.1, -0.05) is 58.6 Å². The summed E-state index contributed by atoms with van der Waals surface area (Å²) >= 11 is 6.05. The molecule has 3 aromatic heterocycles. The minimum absolute atomic E-state index is 0.0411. The lowest BCUT2D eigenvalue weighted by Gasteiger charge is -2.16. The maximum absolute atomic E-state index is 13.4. The fraction of sp³-hybridized carbons (Fsp3) is 0.444. The molecule has 0 fully saturated rings. The van der Waals surface area contributed by atoms with Crippen molar-refractivity contribution in [2.24, 2.45) is 5.41 Å². The predicted molar refractivity (Wildman–Crippen MR) is 147 cm³/mol. The van der Waals surface area contributed by atoms with Crippen LogP contribution in [0.3, 0.4) is 0 Å². The number of rotatable bonds is 9. The van der Waals surface area contributed by atoms with Gasteiger partial charge in [-0.3, -0.25) is 4.79 Å². The average molecular weight is 511 g/mol. The smallest absolute Gasteiger partial charge is 0.171 e. The second-order valence-electron chi connectivity index (χ2n) is 11.3. The van der Waals surface area contributed by atoms with E-state index in [0.717, 1.165) is 28.2 Å². The zero-order chi connectivity index (χ0) is 25.4. The van der Waals surface area contributed by atoms with Crippen LogP contribution >= 0.6 is 11.6 Å². The fourth-order valence-corrected chi connectivity index (χ4v) is 5.06. The monoisotopic (exact) mass is 510 g/mol. The molecule has 35 heavy (non-hydrogen) atoms. The van der Waals surface area contributed by atoms with E-state index >= 15 is 0 Å². The minimum Gasteiger partial charge on any atom is -0.361 e. The molecule has 0 spiro atoms. The molecule has 4 rings (SSSR count). The van der Waals surface area contributed by atoms with Crippen molar-refractivity contribution in [2.45, 2.75) is 59.7 Å². The van der Waals surface area contributed by atoms with Gasteiger partial charge in [0.15, 0.2) is 11.4 Å². The Labute approximate surface area is 213 Å². The molecule has 1 aromatic carbocycles. The van der Waals surface area contributed by atoms with Gasteiger partial charge in [0.05, 0.1) is 17.5 Å². The van der Waals surface area contributed by atoms with Gasteiger partial charge in [-0.05, 0) is 12.1 Å². The quantitative estimate of drug-likeness (QED) is 0.107. The van der Waals surface area contributed by atoms with Crippen LogP contribution < -0.4 is 0 Å². The van der Waals surface area contributed by atoms with Gasteiger partial charge in [0, 0.05) is 61.4 Å². The Balaban J connectivity index is 1.79. The van der Waals surface area contributed by atoms with Crippen molar-refractivity contribution < 1.29 is 9.53 Å². The van der Waals surface area contributed by atoms with Crippen molar-refractivity contribution in [1.82, 2.24) is 19.1 Å². The van der Waals surface area contributed by atoms with Gasteiger partial charge >= 0.3 is 0 Å². The van der Waals surface area contributed by atoms with E-state index in [1.165, 1.54) is 0 Å². The van der Waals surface area contributed by atoms with Gasteiger partial charge < -0.3 is 13.9 Å². The molecule has 6 nitrogen and oxygen atoms in total. The molecule has 8 heteroatoms. The van der Waals surface area contributed by atoms with Crippen LogP contribution in [0.4, 0.5) is 0 Å². The van der Waals surface area contributed by atoms with Gasteiger partial charge in [0.2, 0.25) is 0 Å². The third kappa shape index (κ3) is 5.52. The predicted octanol–water partition coefficient (Wildman–Crippen LogP) is 6.83. The summed E-state index contributed by atoms with van der Waals surface area (Å²) in [4.78, 5) is 23.1. The second kappa shape index (κ2) is 9.88. The number of para-hydroxylation sites is 1. The highest BCUT2D eigenvalue weighted by Gasteiger charge is 2.28. The molecule has 0 unspecified atom stereocenters. The molecule has 0 bridgehead atoms. The molecule has 0 saturated heterocycles. The van der Waals surface area contributed by atoms with Gasteiger partial charge in [-0.15, -0.1) is 11.6 Å². The van der Waals surface area contributed by atoms with Crippen LogP contribution in [0.1, 0.15) is 31.1 Å². The number of alkyl halides is 1. The Bertz CT molecular complexity index is 1360. The number of aryl methyl sites for hydroxylation is 1. The summed E-state index contributed by atoms with van der Waals surface area (Å²) in [5.74, 6) is 0.563. The third-order valence-corrected chi connectivity index (χ3v) is 7.98. The molecule has 0 aliphatic heterocycles. The first-order valence-corrected chi connectivity index (χ1v) is 16.4. The van der Waals surface area contributed by atoms with E-state index in [0.29, 0.717) is 42.5 Å². The topological polar surface area (TPSA) is 61.9 Å². The zero-order valence-corrected chi connectivity index (χ0v) is 23.3. The summed E-state index contributed by atoms with van der Waals surface area (Å²) in [5, 5.41) is 1.09. The number of hydrogen-bond acceptors (Lipinski definition) is 4. The summed E-state index contributed by atoms with van der Waals surface area (Å²) in [6, 6.07) is 9.29. The number of benzene rings is 1. The Kier molecular flexibility index (Phi) is 7.22. The van der Waals surface area contributed by atoms with Crippen molar-refractivity contribution in [1.29, 1.82) is 0 Å².